The highest BCUT2D eigenvalue weighted by molar-refractivity contribution is 5.98. The Kier molecular flexibility index (Phi) is 3.27. The van der Waals surface area contributed by atoms with E-state index >= 15 is 0 Å². The van der Waals surface area contributed by atoms with E-state index in [1.165, 1.54) is 4.90 Å². The van der Waals surface area contributed by atoms with Crippen LogP contribution in [0.1, 0.15) is 32.5 Å². The standard InChI is InChI=1S/C16H19N3O2/c1-16(2)9-14(20)19(15(21)10-16)8-7-13-17-11-5-3-4-6-12(11)18-13/h3-6H,7-10H2,1-2H3,(H,17,18). The average Bonchev–Trinajstić information content (AvgIpc) is 2.78. The van der Waals surface area contributed by atoms with E-state index in [2.05, 4.69) is 9.97 Å². The van der Waals surface area contributed by atoms with Crippen molar-refractivity contribution in [3.63, 3.8) is 0 Å². The largest absolute Gasteiger partial charge is 0.342 e. The Balaban J connectivity index is 1.69. The predicted octanol–water partition coefficient (Wildman–Crippen LogP) is 2.28. The summed E-state index contributed by atoms with van der Waals surface area (Å²) in [4.78, 5) is 33.2. The first-order chi connectivity index (χ1) is 9.94. The zero-order valence-corrected chi connectivity index (χ0v) is 12.3. The lowest BCUT2D eigenvalue weighted by atomic mass is 9.82. The van der Waals surface area contributed by atoms with Crippen LogP contribution in [0.15, 0.2) is 24.3 Å². The molecule has 2 aromatic rings. The maximum absolute atomic E-state index is 12.1. The second-order valence-electron chi connectivity index (χ2n) is 6.41. The third-order valence-corrected chi connectivity index (χ3v) is 3.87. The van der Waals surface area contributed by atoms with E-state index < -0.39 is 0 Å². The van der Waals surface area contributed by atoms with Crippen molar-refractivity contribution < 1.29 is 9.59 Å². The molecule has 0 saturated carbocycles. The van der Waals surface area contributed by atoms with Gasteiger partial charge >= 0.3 is 0 Å². The van der Waals surface area contributed by atoms with Gasteiger partial charge in [-0.2, -0.15) is 0 Å². The molecule has 0 spiro atoms. The first-order valence-electron chi connectivity index (χ1n) is 7.21. The van der Waals surface area contributed by atoms with Crippen molar-refractivity contribution in [3.05, 3.63) is 30.1 Å². The summed E-state index contributed by atoms with van der Waals surface area (Å²) < 4.78 is 0. The number of amides is 2. The van der Waals surface area contributed by atoms with Gasteiger partial charge in [0.15, 0.2) is 0 Å². The highest BCUT2D eigenvalue weighted by Crippen LogP contribution is 2.31. The maximum Gasteiger partial charge on any atom is 0.229 e. The number of carbonyl (C=O) groups is 2. The highest BCUT2D eigenvalue weighted by Gasteiger charge is 2.37. The van der Waals surface area contributed by atoms with Gasteiger partial charge in [0.25, 0.3) is 0 Å². The number of nitrogens with one attached hydrogen (secondary N) is 1. The zero-order chi connectivity index (χ0) is 15.0. The van der Waals surface area contributed by atoms with Crippen molar-refractivity contribution in [2.24, 2.45) is 5.41 Å². The van der Waals surface area contributed by atoms with Crippen molar-refractivity contribution in [1.29, 1.82) is 0 Å². The van der Waals surface area contributed by atoms with Crippen LogP contribution in [0.3, 0.4) is 0 Å². The monoisotopic (exact) mass is 285 g/mol. The summed E-state index contributed by atoms with van der Waals surface area (Å²) in [5.41, 5.74) is 1.67. The summed E-state index contributed by atoms with van der Waals surface area (Å²) in [6.07, 6.45) is 1.42. The molecule has 1 aliphatic rings. The third-order valence-electron chi connectivity index (χ3n) is 3.87. The Morgan fingerprint density at radius 2 is 1.86 bits per heavy atom. The van der Waals surface area contributed by atoms with Crippen LogP contribution in [0.25, 0.3) is 11.0 Å². The van der Waals surface area contributed by atoms with E-state index in [0.29, 0.717) is 25.8 Å². The molecule has 110 valence electrons. The molecule has 21 heavy (non-hydrogen) atoms. The van der Waals surface area contributed by atoms with E-state index in [4.69, 9.17) is 0 Å². The van der Waals surface area contributed by atoms with Crippen LogP contribution in [0, 0.1) is 5.41 Å². The number of hydrogen-bond donors (Lipinski definition) is 1. The van der Waals surface area contributed by atoms with Gasteiger partial charge in [-0.15, -0.1) is 0 Å². The maximum atomic E-state index is 12.1. The van der Waals surface area contributed by atoms with Gasteiger partial charge < -0.3 is 4.98 Å². The number of H-pyrrole nitrogens is 1. The molecule has 2 amide bonds. The molecule has 5 nitrogen and oxygen atoms in total. The molecule has 0 unspecified atom stereocenters. The number of imidazole rings is 1. The topological polar surface area (TPSA) is 66.1 Å². The number of imide groups is 1. The van der Waals surface area contributed by atoms with Gasteiger partial charge in [-0.3, -0.25) is 14.5 Å². The van der Waals surface area contributed by atoms with E-state index in [1.54, 1.807) is 0 Å². The van der Waals surface area contributed by atoms with Crippen molar-refractivity contribution in [1.82, 2.24) is 14.9 Å². The number of hydrogen-bond acceptors (Lipinski definition) is 3. The summed E-state index contributed by atoms with van der Waals surface area (Å²) in [6, 6.07) is 7.79. The minimum atomic E-state index is -0.218. The molecule has 0 atom stereocenters. The molecule has 2 heterocycles. The Morgan fingerprint density at radius 1 is 1.19 bits per heavy atom. The van der Waals surface area contributed by atoms with Gasteiger partial charge in [-0.25, -0.2) is 4.98 Å². The Hall–Kier alpha value is -2.17. The summed E-state index contributed by atoms with van der Waals surface area (Å²) >= 11 is 0. The van der Waals surface area contributed by atoms with Gasteiger partial charge in [0.05, 0.1) is 11.0 Å². The average molecular weight is 285 g/mol. The zero-order valence-electron chi connectivity index (χ0n) is 12.3. The molecule has 1 aromatic carbocycles. The van der Waals surface area contributed by atoms with Crippen molar-refractivity contribution in [2.75, 3.05) is 6.54 Å². The predicted molar refractivity (Wildman–Crippen MR) is 79.5 cm³/mol. The number of piperidine rings is 1. The molecule has 0 radical (unpaired) electrons. The molecular weight excluding hydrogens is 266 g/mol. The molecule has 1 saturated heterocycles. The van der Waals surface area contributed by atoms with Gasteiger partial charge in [0.2, 0.25) is 11.8 Å². The highest BCUT2D eigenvalue weighted by atomic mass is 16.2. The summed E-state index contributed by atoms with van der Waals surface area (Å²) in [6.45, 7) is 4.31. The van der Waals surface area contributed by atoms with Crippen LogP contribution >= 0.6 is 0 Å². The number of rotatable bonds is 3. The lowest BCUT2D eigenvalue weighted by molar-refractivity contribution is -0.152. The quantitative estimate of drug-likeness (QED) is 0.880. The fraction of sp³-hybridized carbons (Fsp3) is 0.438. The molecule has 1 N–H and O–H groups in total. The van der Waals surface area contributed by atoms with Crippen molar-refractivity contribution in [2.45, 2.75) is 33.1 Å². The van der Waals surface area contributed by atoms with Crippen molar-refractivity contribution in [3.8, 4) is 0 Å². The number of nitrogens with zero attached hydrogens (tertiary/aromatic N) is 2. The molecule has 1 aromatic heterocycles. The normalized spacial score (nSPS) is 18.5. The van der Waals surface area contributed by atoms with Gasteiger partial charge in [0.1, 0.15) is 5.82 Å². The van der Waals surface area contributed by atoms with E-state index in [1.807, 2.05) is 38.1 Å². The minimum Gasteiger partial charge on any atom is -0.342 e. The lowest BCUT2D eigenvalue weighted by Crippen LogP contribution is -2.46. The van der Waals surface area contributed by atoms with Crippen LogP contribution < -0.4 is 0 Å². The minimum absolute atomic E-state index is 0.0765. The van der Waals surface area contributed by atoms with Crippen LogP contribution in [0.4, 0.5) is 0 Å². The number of likely N-dealkylation sites (tertiary alicyclic amines) is 1. The first kappa shape index (κ1) is 13.8. The number of benzene rings is 1. The molecule has 0 bridgehead atoms. The van der Waals surface area contributed by atoms with Crippen LogP contribution in [-0.2, 0) is 16.0 Å². The summed E-state index contributed by atoms with van der Waals surface area (Å²) in [5.74, 6) is 0.654. The van der Waals surface area contributed by atoms with E-state index in [-0.39, 0.29) is 17.2 Å². The first-order valence-corrected chi connectivity index (χ1v) is 7.21. The second-order valence-corrected chi connectivity index (χ2v) is 6.41. The van der Waals surface area contributed by atoms with Gasteiger partial charge in [-0.1, -0.05) is 26.0 Å². The second kappa shape index (κ2) is 4.98. The fourth-order valence-corrected chi connectivity index (χ4v) is 2.80. The fourth-order valence-electron chi connectivity index (χ4n) is 2.80. The lowest BCUT2D eigenvalue weighted by Gasteiger charge is -2.34. The molecule has 1 fully saturated rings. The van der Waals surface area contributed by atoms with Gasteiger partial charge in [-0.05, 0) is 17.5 Å². The summed E-state index contributed by atoms with van der Waals surface area (Å²) in [7, 11) is 0. The number of aromatic nitrogens is 2. The smallest absolute Gasteiger partial charge is 0.229 e. The number of fused-ring (bicyclic) bond motifs is 1. The SMILES string of the molecule is CC1(C)CC(=O)N(CCc2nc3ccccc3[nH]2)C(=O)C1. The number of para-hydroxylation sites is 2. The third kappa shape index (κ3) is 2.82. The molecule has 5 heteroatoms. The molecule has 3 rings (SSSR count). The summed E-state index contributed by atoms with van der Waals surface area (Å²) in [5, 5.41) is 0. The molecular formula is C16H19N3O2. The van der Waals surface area contributed by atoms with Crippen LogP contribution in [0.5, 0.6) is 0 Å². The Bertz CT molecular complexity index is 649. The Morgan fingerprint density at radius 3 is 2.52 bits per heavy atom. The van der Waals surface area contributed by atoms with E-state index in [0.717, 1.165) is 16.9 Å². The Labute approximate surface area is 123 Å². The molecule has 0 aliphatic carbocycles. The number of aromatic amines is 1. The van der Waals surface area contributed by atoms with E-state index in [9.17, 15) is 9.59 Å². The number of carbonyl (C=O) groups excluding carboxylic acids is 2. The van der Waals surface area contributed by atoms with Gasteiger partial charge in [0, 0.05) is 25.8 Å². The molecule has 1 aliphatic heterocycles. The van der Waals surface area contributed by atoms with Crippen LogP contribution in [-0.4, -0.2) is 33.2 Å². The van der Waals surface area contributed by atoms with Crippen molar-refractivity contribution >= 4 is 22.8 Å². The van der Waals surface area contributed by atoms with Crippen LogP contribution in [0.2, 0.25) is 0 Å².